The molecule has 0 radical (unpaired) electrons. The molecule has 0 aliphatic heterocycles. The van der Waals surface area contributed by atoms with Crippen molar-refractivity contribution in [2.45, 2.75) is 13.8 Å². The maximum Gasteiger partial charge on any atom is 0.270 e. The molecule has 10 nitrogen and oxygen atoms in total. The zero-order valence-corrected chi connectivity index (χ0v) is 19.5. The standard InChI is InChI=1S/C26H21N7O3/c1-15-10-11-18(12-16(15)2)29-26(34)22-23-25(31-21-9-4-3-8-20(21)30-23)32(24(22)27)28-14-17-6-5-7-19(13-17)33(35)36/h3-14H,27H2,1-2H3,(H,29,34)/b28-14-. The van der Waals surface area contributed by atoms with Gasteiger partial charge < -0.3 is 11.1 Å². The fraction of sp³-hybridized carbons (Fsp3) is 0.0769. The Bertz CT molecular complexity index is 1710. The third-order valence-corrected chi connectivity index (χ3v) is 5.87. The first-order valence-corrected chi connectivity index (χ1v) is 11.1. The second-order valence-electron chi connectivity index (χ2n) is 8.31. The number of carbonyl (C=O) groups excluding carboxylic acids is 1. The highest BCUT2D eigenvalue weighted by Gasteiger charge is 2.24. The number of nitro groups is 1. The molecule has 2 aromatic heterocycles. The number of nitrogens with two attached hydrogens (primary N) is 1. The number of amides is 1. The average molecular weight is 480 g/mol. The number of para-hydroxylation sites is 2. The molecule has 0 unspecified atom stereocenters. The fourth-order valence-electron chi connectivity index (χ4n) is 3.84. The van der Waals surface area contributed by atoms with Gasteiger partial charge in [0.05, 0.1) is 22.2 Å². The number of nitrogen functional groups attached to an aromatic ring is 1. The minimum absolute atomic E-state index is 0.0447. The molecule has 1 amide bonds. The topological polar surface area (TPSA) is 141 Å². The highest BCUT2D eigenvalue weighted by atomic mass is 16.6. The minimum atomic E-state index is -0.483. The summed E-state index contributed by atoms with van der Waals surface area (Å²) in [7, 11) is 0. The Labute approximate surface area is 205 Å². The van der Waals surface area contributed by atoms with Gasteiger partial charge in [-0.15, -0.1) is 0 Å². The molecule has 10 heteroatoms. The van der Waals surface area contributed by atoms with E-state index in [2.05, 4.69) is 20.4 Å². The van der Waals surface area contributed by atoms with Crippen molar-refractivity contribution >= 4 is 51.5 Å². The number of carbonyl (C=O) groups is 1. The lowest BCUT2D eigenvalue weighted by Crippen LogP contribution is -2.14. The molecule has 3 aromatic carbocycles. The van der Waals surface area contributed by atoms with Gasteiger partial charge in [-0.05, 0) is 49.2 Å². The van der Waals surface area contributed by atoms with Crippen molar-refractivity contribution in [1.29, 1.82) is 0 Å². The van der Waals surface area contributed by atoms with Crippen LogP contribution >= 0.6 is 0 Å². The van der Waals surface area contributed by atoms with Gasteiger partial charge in [0.15, 0.2) is 5.65 Å². The number of hydrogen-bond acceptors (Lipinski definition) is 7. The molecule has 5 rings (SSSR count). The van der Waals surface area contributed by atoms with Crippen LogP contribution in [0.3, 0.4) is 0 Å². The molecule has 0 aliphatic rings. The summed E-state index contributed by atoms with van der Waals surface area (Å²) in [5.74, 6) is -0.405. The summed E-state index contributed by atoms with van der Waals surface area (Å²) in [6.07, 6.45) is 1.42. The van der Waals surface area contributed by atoms with Gasteiger partial charge in [-0.1, -0.05) is 30.3 Å². The van der Waals surface area contributed by atoms with Gasteiger partial charge in [0.25, 0.3) is 11.6 Å². The Morgan fingerprint density at radius 3 is 2.50 bits per heavy atom. The van der Waals surface area contributed by atoms with Gasteiger partial charge in [-0.2, -0.15) is 9.78 Å². The smallest absolute Gasteiger partial charge is 0.270 e. The van der Waals surface area contributed by atoms with E-state index < -0.39 is 10.8 Å². The molecule has 0 fully saturated rings. The lowest BCUT2D eigenvalue weighted by atomic mass is 10.1. The number of aryl methyl sites for hydroxylation is 2. The molecule has 0 aliphatic carbocycles. The molecular weight excluding hydrogens is 458 g/mol. The summed E-state index contributed by atoms with van der Waals surface area (Å²) in [6.45, 7) is 3.96. The summed E-state index contributed by atoms with van der Waals surface area (Å²) in [5, 5.41) is 18.4. The number of rotatable bonds is 5. The van der Waals surface area contributed by atoms with Gasteiger partial charge in [-0.3, -0.25) is 14.9 Å². The number of fused-ring (bicyclic) bond motifs is 2. The number of aromatic nitrogens is 3. The van der Waals surface area contributed by atoms with Crippen LogP contribution in [-0.2, 0) is 0 Å². The maximum atomic E-state index is 13.4. The fourth-order valence-corrected chi connectivity index (χ4v) is 3.84. The Hall–Kier alpha value is -5.12. The molecule has 178 valence electrons. The first kappa shape index (κ1) is 22.7. The number of nitrogens with one attached hydrogen (secondary N) is 1. The maximum absolute atomic E-state index is 13.4. The van der Waals surface area contributed by atoms with E-state index in [1.165, 1.54) is 23.0 Å². The summed E-state index contributed by atoms with van der Waals surface area (Å²) in [6, 6.07) is 18.9. The second-order valence-corrected chi connectivity index (χ2v) is 8.31. The van der Waals surface area contributed by atoms with Crippen LogP contribution in [0.2, 0.25) is 0 Å². The summed E-state index contributed by atoms with van der Waals surface area (Å²) < 4.78 is 1.32. The van der Waals surface area contributed by atoms with Crippen LogP contribution in [0.4, 0.5) is 17.2 Å². The van der Waals surface area contributed by atoms with Crippen molar-refractivity contribution in [1.82, 2.24) is 14.6 Å². The quantitative estimate of drug-likeness (QED) is 0.210. The van der Waals surface area contributed by atoms with Crippen LogP contribution in [0.5, 0.6) is 0 Å². The number of hydrogen-bond donors (Lipinski definition) is 2. The predicted molar refractivity (Wildman–Crippen MR) is 139 cm³/mol. The van der Waals surface area contributed by atoms with Crippen molar-refractivity contribution in [3.63, 3.8) is 0 Å². The Balaban J connectivity index is 1.64. The van der Waals surface area contributed by atoms with Gasteiger partial charge in [0, 0.05) is 23.4 Å². The van der Waals surface area contributed by atoms with Gasteiger partial charge in [-0.25, -0.2) is 9.97 Å². The van der Waals surface area contributed by atoms with Gasteiger partial charge in [0.2, 0.25) is 0 Å². The van der Waals surface area contributed by atoms with Crippen LogP contribution < -0.4 is 11.1 Å². The van der Waals surface area contributed by atoms with Crippen LogP contribution in [0.1, 0.15) is 27.0 Å². The van der Waals surface area contributed by atoms with E-state index >= 15 is 0 Å². The first-order chi connectivity index (χ1) is 17.3. The monoisotopic (exact) mass is 479 g/mol. The van der Waals surface area contributed by atoms with Crippen LogP contribution in [0.15, 0.2) is 71.8 Å². The molecule has 3 N–H and O–H groups in total. The van der Waals surface area contributed by atoms with E-state index in [1.54, 1.807) is 24.3 Å². The zero-order chi connectivity index (χ0) is 25.4. The SMILES string of the molecule is Cc1ccc(NC(=O)c2c(N)n(/N=C\c3cccc([N+](=O)[O-])c3)c3nc4ccccc4nc23)cc1C. The Morgan fingerprint density at radius 1 is 1.03 bits per heavy atom. The molecular formula is C26H21N7O3. The lowest BCUT2D eigenvalue weighted by molar-refractivity contribution is -0.384. The largest absolute Gasteiger partial charge is 0.383 e. The van der Waals surface area contributed by atoms with E-state index in [-0.39, 0.29) is 22.7 Å². The van der Waals surface area contributed by atoms with E-state index in [1.807, 2.05) is 44.2 Å². The molecule has 36 heavy (non-hydrogen) atoms. The molecule has 0 saturated heterocycles. The van der Waals surface area contributed by atoms with Crippen molar-refractivity contribution in [3.05, 3.63) is 99.1 Å². The van der Waals surface area contributed by atoms with Crippen molar-refractivity contribution in [2.24, 2.45) is 5.10 Å². The molecule has 0 spiro atoms. The molecule has 5 aromatic rings. The van der Waals surface area contributed by atoms with Crippen molar-refractivity contribution in [3.8, 4) is 0 Å². The Morgan fingerprint density at radius 2 is 1.78 bits per heavy atom. The first-order valence-electron chi connectivity index (χ1n) is 11.1. The number of benzene rings is 3. The third-order valence-electron chi connectivity index (χ3n) is 5.87. The van der Waals surface area contributed by atoms with Gasteiger partial charge >= 0.3 is 0 Å². The molecule has 0 atom stereocenters. The highest BCUT2D eigenvalue weighted by Crippen LogP contribution is 2.29. The van der Waals surface area contributed by atoms with Crippen molar-refractivity contribution < 1.29 is 9.72 Å². The minimum Gasteiger partial charge on any atom is -0.383 e. The summed E-state index contributed by atoms with van der Waals surface area (Å²) in [5.41, 5.74) is 11.5. The number of nitro benzene ring substituents is 1. The summed E-state index contributed by atoms with van der Waals surface area (Å²) >= 11 is 0. The molecule has 0 saturated carbocycles. The second kappa shape index (κ2) is 8.91. The van der Waals surface area contributed by atoms with Gasteiger partial charge in [0.1, 0.15) is 16.9 Å². The number of nitrogens with zero attached hydrogens (tertiary/aromatic N) is 5. The lowest BCUT2D eigenvalue weighted by Gasteiger charge is -2.08. The van der Waals surface area contributed by atoms with Crippen LogP contribution in [0, 0.1) is 24.0 Å². The van der Waals surface area contributed by atoms with E-state index in [9.17, 15) is 14.9 Å². The van der Waals surface area contributed by atoms with E-state index in [4.69, 9.17) is 5.73 Å². The van der Waals surface area contributed by atoms with Crippen molar-refractivity contribution in [2.75, 3.05) is 11.1 Å². The molecule has 2 heterocycles. The zero-order valence-electron chi connectivity index (χ0n) is 19.5. The predicted octanol–water partition coefficient (Wildman–Crippen LogP) is 4.83. The third kappa shape index (κ3) is 4.11. The van der Waals surface area contributed by atoms with Crippen LogP contribution in [-0.4, -0.2) is 31.7 Å². The van der Waals surface area contributed by atoms with Crippen LogP contribution in [0.25, 0.3) is 22.2 Å². The number of anilines is 2. The average Bonchev–Trinajstić information content (AvgIpc) is 3.13. The normalized spacial score (nSPS) is 11.4. The number of non-ortho nitro benzene ring substituents is 1. The Kier molecular flexibility index (Phi) is 5.61. The van der Waals surface area contributed by atoms with E-state index in [0.717, 1.165) is 11.1 Å². The highest BCUT2D eigenvalue weighted by molar-refractivity contribution is 6.16. The molecule has 0 bridgehead atoms. The van der Waals surface area contributed by atoms with E-state index in [0.29, 0.717) is 27.8 Å². The summed E-state index contributed by atoms with van der Waals surface area (Å²) in [4.78, 5) is 33.3.